The average Bonchev–Trinajstić information content (AvgIpc) is 3.37. The van der Waals surface area contributed by atoms with Crippen molar-refractivity contribution in [3.8, 4) is 17.2 Å². The van der Waals surface area contributed by atoms with Crippen molar-refractivity contribution in [3.05, 3.63) is 69.8 Å². The van der Waals surface area contributed by atoms with Crippen LogP contribution >= 0.6 is 0 Å². The first kappa shape index (κ1) is 23.8. The van der Waals surface area contributed by atoms with E-state index in [-0.39, 0.29) is 5.56 Å². The molecule has 0 spiro atoms. The molecule has 36 heavy (non-hydrogen) atoms. The van der Waals surface area contributed by atoms with E-state index < -0.39 is 6.04 Å². The van der Waals surface area contributed by atoms with Crippen LogP contribution in [-0.4, -0.2) is 77.7 Å². The molecule has 1 fully saturated rings. The first-order valence-corrected chi connectivity index (χ1v) is 11.6. The number of hydrogen-bond donors (Lipinski definition) is 1. The van der Waals surface area contributed by atoms with Crippen molar-refractivity contribution in [2.45, 2.75) is 12.6 Å². The smallest absolute Gasteiger partial charge is 0.253 e. The lowest BCUT2D eigenvalue weighted by atomic mass is 10.0. The van der Waals surface area contributed by atoms with E-state index in [0.717, 1.165) is 16.7 Å². The second kappa shape index (κ2) is 10.3. The van der Waals surface area contributed by atoms with E-state index in [0.29, 0.717) is 61.3 Å². The van der Waals surface area contributed by atoms with E-state index in [9.17, 15) is 4.79 Å². The highest BCUT2D eigenvalue weighted by Gasteiger charge is 2.31. The molecular weight excluding hydrogens is 464 g/mol. The maximum atomic E-state index is 13.4. The number of methoxy groups -OCH3 is 3. The highest BCUT2D eigenvalue weighted by atomic mass is 16.5. The second-order valence-corrected chi connectivity index (χ2v) is 8.44. The third-order valence-corrected chi connectivity index (χ3v) is 6.38. The molecule has 1 aliphatic heterocycles. The molecule has 1 aliphatic rings. The Labute approximate surface area is 207 Å². The van der Waals surface area contributed by atoms with E-state index in [4.69, 9.17) is 18.9 Å². The number of H-pyrrole nitrogens is 1. The Morgan fingerprint density at radius 1 is 1.00 bits per heavy atom. The highest BCUT2D eigenvalue weighted by molar-refractivity contribution is 5.83. The Bertz CT molecular complexity index is 1390. The molecule has 2 aromatic heterocycles. The van der Waals surface area contributed by atoms with Gasteiger partial charge in [0.2, 0.25) is 0 Å². The van der Waals surface area contributed by atoms with Gasteiger partial charge in [0.05, 0.1) is 46.6 Å². The number of pyridine rings is 1. The summed E-state index contributed by atoms with van der Waals surface area (Å²) >= 11 is 0. The summed E-state index contributed by atoms with van der Waals surface area (Å²) in [4.78, 5) is 18.6. The molecule has 0 aliphatic carbocycles. The summed E-state index contributed by atoms with van der Waals surface area (Å²) in [5, 5.41) is 13.4. The van der Waals surface area contributed by atoms with Crippen molar-refractivity contribution >= 4 is 10.9 Å². The van der Waals surface area contributed by atoms with Crippen LogP contribution in [0.4, 0.5) is 0 Å². The molecule has 5 rings (SSSR count). The maximum Gasteiger partial charge on any atom is 0.253 e. The van der Waals surface area contributed by atoms with Crippen molar-refractivity contribution in [2.24, 2.45) is 0 Å². The zero-order valence-electron chi connectivity index (χ0n) is 20.4. The summed E-state index contributed by atoms with van der Waals surface area (Å²) < 4.78 is 23.4. The fourth-order valence-electron chi connectivity index (χ4n) is 4.51. The predicted octanol–water partition coefficient (Wildman–Crippen LogP) is 2.01. The van der Waals surface area contributed by atoms with Crippen LogP contribution in [0.25, 0.3) is 10.9 Å². The van der Waals surface area contributed by atoms with E-state index >= 15 is 0 Å². The minimum Gasteiger partial charge on any atom is -0.497 e. The molecule has 0 radical (unpaired) electrons. The van der Waals surface area contributed by atoms with Gasteiger partial charge in [0.1, 0.15) is 11.8 Å². The lowest BCUT2D eigenvalue weighted by Gasteiger charge is -2.33. The van der Waals surface area contributed by atoms with Gasteiger partial charge in [0, 0.05) is 30.1 Å². The number of hydrogen-bond acceptors (Lipinski definition) is 9. The first-order chi connectivity index (χ1) is 17.6. The van der Waals surface area contributed by atoms with E-state index in [1.165, 1.54) is 0 Å². The van der Waals surface area contributed by atoms with Gasteiger partial charge >= 0.3 is 0 Å². The Kier molecular flexibility index (Phi) is 6.83. The normalized spacial score (nSPS) is 15.1. The molecule has 3 heterocycles. The van der Waals surface area contributed by atoms with E-state index in [1.54, 1.807) is 32.1 Å². The molecule has 188 valence electrons. The van der Waals surface area contributed by atoms with Crippen LogP contribution < -0.4 is 19.8 Å². The number of tetrazole rings is 1. The summed E-state index contributed by atoms with van der Waals surface area (Å²) in [6, 6.07) is 12.8. The molecule has 4 aromatic rings. The standard InChI is InChI=1S/C25H28N6O5/c1-33-18-6-4-16(5-7-18)15-31-24(27-28-29-31)23(30-8-10-36-11-9-30)19-12-17-13-21(34-2)22(35-3)14-20(17)26-25(19)32/h4-7,12-14,23H,8-11,15H2,1-3H3,(H,26,32)/t23-/m0/s1. The summed E-state index contributed by atoms with van der Waals surface area (Å²) in [7, 11) is 4.78. The Hall–Kier alpha value is -3.96. The molecule has 0 amide bonds. The quantitative estimate of drug-likeness (QED) is 0.394. The number of nitrogens with one attached hydrogen (secondary N) is 1. The van der Waals surface area contributed by atoms with Gasteiger partial charge in [-0.25, -0.2) is 4.68 Å². The Balaban J connectivity index is 1.60. The number of nitrogens with zero attached hydrogens (tertiary/aromatic N) is 5. The Morgan fingerprint density at radius 3 is 2.42 bits per heavy atom. The fourth-order valence-corrected chi connectivity index (χ4v) is 4.51. The topological polar surface area (TPSA) is 117 Å². The molecule has 11 heteroatoms. The maximum absolute atomic E-state index is 13.4. The molecular formula is C25H28N6O5. The van der Waals surface area contributed by atoms with Gasteiger partial charge in [0.25, 0.3) is 5.56 Å². The highest BCUT2D eigenvalue weighted by Crippen LogP contribution is 2.33. The molecule has 1 atom stereocenters. The molecule has 2 aromatic carbocycles. The van der Waals surface area contributed by atoms with Gasteiger partial charge in [-0.05, 0) is 40.3 Å². The summed E-state index contributed by atoms with van der Waals surface area (Å²) in [6.07, 6.45) is 0. The third kappa shape index (κ3) is 4.62. The summed E-state index contributed by atoms with van der Waals surface area (Å²) in [6.45, 7) is 2.86. The van der Waals surface area contributed by atoms with Crippen LogP contribution in [0.1, 0.15) is 23.0 Å². The predicted molar refractivity (Wildman–Crippen MR) is 132 cm³/mol. The summed E-state index contributed by atoms with van der Waals surface area (Å²) in [5.41, 5.74) is 1.99. The number of rotatable bonds is 8. The van der Waals surface area contributed by atoms with Crippen LogP contribution in [0.15, 0.2) is 47.3 Å². The first-order valence-electron chi connectivity index (χ1n) is 11.6. The van der Waals surface area contributed by atoms with Crippen LogP contribution in [0, 0.1) is 0 Å². The number of aromatic nitrogens is 5. The minimum atomic E-state index is -0.469. The van der Waals surface area contributed by atoms with E-state index in [2.05, 4.69) is 25.4 Å². The number of ether oxygens (including phenoxy) is 4. The monoisotopic (exact) mass is 492 g/mol. The number of benzene rings is 2. The van der Waals surface area contributed by atoms with Gasteiger partial charge in [0.15, 0.2) is 17.3 Å². The van der Waals surface area contributed by atoms with Crippen molar-refractivity contribution in [2.75, 3.05) is 47.6 Å². The number of aromatic amines is 1. The largest absolute Gasteiger partial charge is 0.497 e. The number of morpholine rings is 1. The SMILES string of the molecule is COc1ccc(Cn2nnnc2[C@H](c2cc3cc(OC)c(OC)cc3[nH]c2=O)N2CCOCC2)cc1. The summed E-state index contributed by atoms with van der Waals surface area (Å²) in [5.74, 6) is 2.48. The van der Waals surface area contributed by atoms with Crippen LogP contribution in [-0.2, 0) is 11.3 Å². The number of fused-ring (bicyclic) bond motifs is 1. The zero-order chi connectivity index (χ0) is 25.1. The fraction of sp³-hybridized carbons (Fsp3) is 0.360. The van der Waals surface area contributed by atoms with Crippen molar-refractivity contribution in [3.63, 3.8) is 0 Å². The van der Waals surface area contributed by atoms with E-state index in [1.807, 2.05) is 36.4 Å². The molecule has 1 saturated heterocycles. The van der Waals surface area contributed by atoms with Crippen LogP contribution in [0.5, 0.6) is 17.2 Å². The van der Waals surface area contributed by atoms with Crippen LogP contribution in [0.3, 0.4) is 0 Å². The van der Waals surface area contributed by atoms with Gasteiger partial charge < -0.3 is 23.9 Å². The van der Waals surface area contributed by atoms with Crippen LogP contribution in [0.2, 0.25) is 0 Å². The average molecular weight is 493 g/mol. The molecule has 11 nitrogen and oxygen atoms in total. The molecule has 0 unspecified atom stereocenters. The third-order valence-electron chi connectivity index (χ3n) is 6.38. The van der Waals surface area contributed by atoms with Gasteiger partial charge in [-0.15, -0.1) is 5.10 Å². The lowest BCUT2D eigenvalue weighted by Crippen LogP contribution is -2.42. The lowest BCUT2D eigenvalue weighted by molar-refractivity contribution is 0.0214. The van der Waals surface area contributed by atoms with Gasteiger partial charge in [-0.1, -0.05) is 12.1 Å². The minimum absolute atomic E-state index is 0.217. The molecule has 0 saturated carbocycles. The zero-order valence-corrected chi connectivity index (χ0v) is 20.4. The van der Waals surface area contributed by atoms with Crippen molar-refractivity contribution in [1.29, 1.82) is 0 Å². The van der Waals surface area contributed by atoms with Crippen molar-refractivity contribution in [1.82, 2.24) is 30.1 Å². The Morgan fingerprint density at radius 2 is 1.72 bits per heavy atom. The van der Waals surface area contributed by atoms with Gasteiger partial charge in [-0.2, -0.15) is 0 Å². The van der Waals surface area contributed by atoms with Gasteiger partial charge in [-0.3, -0.25) is 9.69 Å². The molecule has 1 N–H and O–H groups in total. The molecule has 0 bridgehead atoms. The second-order valence-electron chi connectivity index (χ2n) is 8.44. The van der Waals surface area contributed by atoms with Crippen molar-refractivity contribution < 1.29 is 18.9 Å².